The van der Waals surface area contributed by atoms with Crippen LogP contribution in [0.5, 0.6) is 0 Å². The van der Waals surface area contributed by atoms with Gasteiger partial charge < -0.3 is 15.0 Å². The molecule has 0 spiro atoms. The summed E-state index contributed by atoms with van der Waals surface area (Å²) in [6.45, 7) is 3.35. The molecule has 7 heteroatoms. The van der Waals surface area contributed by atoms with Crippen LogP contribution in [0.25, 0.3) is 5.43 Å². The van der Waals surface area contributed by atoms with Crippen LogP contribution in [-0.2, 0) is 6.42 Å². The highest BCUT2D eigenvalue weighted by Crippen LogP contribution is 2.40. The van der Waals surface area contributed by atoms with Gasteiger partial charge >= 0.3 is 0 Å². The summed E-state index contributed by atoms with van der Waals surface area (Å²) >= 11 is 0. The molecule has 0 bridgehead atoms. The van der Waals surface area contributed by atoms with E-state index in [0.717, 1.165) is 30.2 Å². The van der Waals surface area contributed by atoms with Gasteiger partial charge in [-0.25, -0.2) is 0 Å². The lowest BCUT2D eigenvalue weighted by atomic mass is 10.3. The Balaban J connectivity index is 1.53. The molecule has 0 N–H and O–H groups in total. The highest BCUT2D eigenvalue weighted by atomic mass is 16.5. The molecule has 1 aliphatic heterocycles. The Morgan fingerprint density at radius 1 is 1.33 bits per heavy atom. The highest BCUT2D eigenvalue weighted by molar-refractivity contribution is 5.75. The maximum absolute atomic E-state index is 4.97. The molecule has 0 radical (unpaired) electrons. The SMILES string of the molecule is Cc1nc(CCN(C)CN2[N-]c3ccccc3N2C)no1. The Labute approximate surface area is 124 Å². The molecule has 1 aromatic heterocycles. The van der Waals surface area contributed by atoms with Gasteiger partial charge in [-0.2, -0.15) is 4.98 Å². The van der Waals surface area contributed by atoms with Gasteiger partial charge in [0.05, 0.1) is 6.67 Å². The van der Waals surface area contributed by atoms with Crippen molar-refractivity contribution in [2.75, 3.05) is 32.3 Å². The molecule has 3 rings (SSSR count). The average molecular weight is 287 g/mol. The van der Waals surface area contributed by atoms with Crippen LogP contribution in [0.2, 0.25) is 0 Å². The predicted octanol–water partition coefficient (Wildman–Crippen LogP) is 2.10. The van der Waals surface area contributed by atoms with Gasteiger partial charge in [0.15, 0.2) is 5.82 Å². The molecule has 0 atom stereocenters. The summed E-state index contributed by atoms with van der Waals surface area (Å²) in [5, 5.41) is 7.92. The molecule has 0 amide bonds. The van der Waals surface area contributed by atoms with E-state index in [1.54, 1.807) is 6.92 Å². The Kier molecular flexibility index (Phi) is 3.76. The number of para-hydroxylation sites is 1. The van der Waals surface area contributed by atoms with Crippen molar-refractivity contribution in [3.05, 3.63) is 41.4 Å². The molecule has 0 saturated heterocycles. The van der Waals surface area contributed by atoms with E-state index in [0.29, 0.717) is 12.6 Å². The van der Waals surface area contributed by atoms with Crippen LogP contribution in [0.3, 0.4) is 0 Å². The number of aromatic nitrogens is 2. The molecular weight excluding hydrogens is 268 g/mol. The van der Waals surface area contributed by atoms with Crippen LogP contribution < -0.4 is 5.01 Å². The van der Waals surface area contributed by atoms with Crippen LogP contribution in [0.4, 0.5) is 11.4 Å². The normalized spacial score (nSPS) is 14.6. The van der Waals surface area contributed by atoms with Gasteiger partial charge in [-0.05, 0) is 13.1 Å². The van der Waals surface area contributed by atoms with Crippen LogP contribution in [0, 0.1) is 6.92 Å². The topological polar surface area (TPSA) is 62.7 Å². The molecule has 1 aromatic carbocycles. The molecule has 0 unspecified atom stereocenters. The lowest BCUT2D eigenvalue weighted by Crippen LogP contribution is -2.40. The largest absolute Gasteiger partial charge is 0.598 e. The van der Waals surface area contributed by atoms with E-state index in [9.17, 15) is 0 Å². The number of hydrogen-bond acceptors (Lipinski definition) is 6. The number of benzene rings is 1. The summed E-state index contributed by atoms with van der Waals surface area (Å²) < 4.78 is 4.97. The number of nitrogens with zero attached hydrogens (tertiary/aromatic N) is 6. The zero-order valence-corrected chi connectivity index (χ0v) is 12.5. The first kappa shape index (κ1) is 13.8. The first-order valence-corrected chi connectivity index (χ1v) is 6.93. The van der Waals surface area contributed by atoms with Crippen LogP contribution in [0.15, 0.2) is 28.8 Å². The number of hydrogen-bond donors (Lipinski definition) is 0. The van der Waals surface area contributed by atoms with Gasteiger partial charge in [-0.3, -0.25) is 10.0 Å². The Morgan fingerprint density at radius 3 is 2.86 bits per heavy atom. The van der Waals surface area contributed by atoms with Crippen molar-refractivity contribution in [3.8, 4) is 0 Å². The standard InChI is InChI=1S/C14H19N6O/c1-11-15-14(17-21-11)8-9-18(2)10-20-16-12-6-4-5-7-13(12)19(20)3/h4-7H,8-10H2,1-3H3/q-1. The smallest absolute Gasteiger partial charge is 0.223 e. The van der Waals surface area contributed by atoms with E-state index in [2.05, 4.69) is 38.6 Å². The highest BCUT2D eigenvalue weighted by Gasteiger charge is 2.15. The summed E-state index contributed by atoms with van der Waals surface area (Å²) in [5.74, 6) is 1.35. The summed E-state index contributed by atoms with van der Waals surface area (Å²) in [4.78, 5) is 6.39. The van der Waals surface area contributed by atoms with E-state index in [1.807, 2.05) is 30.4 Å². The second-order valence-corrected chi connectivity index (χ2v) is 5.19. The molecule has 0 fully saturated rings. The van der Waals surface area contributed by atoms with E-state index in [4.69, 9.17) is 4.52 Å². The van der Waals surface area contributed by atoms with Crippen molar-refractivity contribution in [2.24, 2.45) is 0 Å². The molecular formula is C14H19N6O-. The molecule has 0 aliphatic carbocycles. The van der Waals surface area contributed by atoms with E-state index >= 15 is 0 Å². The van der Waals surface area contributed by atoms with E-state index in [1.165, 1.54) is 0 Å². The van der Waals surface area contributed by atoms with E-state index < -0.39 is 0 Å². The third kappa shape index (κ3) is 2.98. The molecule has 2 heterocycles. The minimum atomic E-state index is 0.609. The van der Waals surface area contributed by atoms with Crippen molar-refractivity contribution in [3.63, 3.8) is 0 Å². The quantitative estimate of drug-likeness (QED) is 0.839. The zero-order valence-electron chi connectivity index (χ0n) is 12.5. The van der Waals surface area contributed by atoms with Crippen LogP contribution in [0.1, 0.15) is 11.7 Å². The van der Waals surface area contributed by atoms with Gasteiger partial charge in [0.2, 0.25) is 5.89 Å². The Hall–Kier alpha value is -2.12. The molecule has 112 valence electrons. The first-order chi connectivity index (χ1) is 10.1. The summed E-state index contributed by atoms with van der Waals surface area (Å²) in [5.41, 5.74) is 6.73. The minimum absolute atomic E-state index is 0.609. The summed E-state index contributed by atoms with van der Waals surface area (Å²) in [6, 6.07) is 8.12. The fourth-order valence-electron chi connectivity index (χ4n) is 2.29. The molecule has 21 heavy (non-hydrogen) atoms. The lowest BCUT2D eigenvalue weighted by molar-refractivity contribution is 0.196. The fraction of sp³-hybridized carbons (Fsp3) is 0.429. The van der Waals surface area contributed by atoms with Crippen molar-refractivity contribution in [2.45, 2.75) is 13.3 Å². The van der Waals surface area contributed by atoms with Gasteiger partial charge in [0.1, 0.15) is 0 Å². The Bertz CT molecular complexity index is 613. The monoisotopic (exact) mass is 287 g/mol. The predicted molar refractivity (Wildman–Crippen MR) is 79.9 cm³/mol. The van der Waals surface area contributed by atoms with Gasteiger partial charge in [-0.15, -0.1) is 5.69 Å². The second-order valence-electron chi connectivity index (χ2n) is 5.19. The molecule has 1 aliphatic rings. The first-order valence-electron chi connectivity index (χ1n) is 6.93. The third-order valence-corrected chi connectivity index (χ3v) is 3.45. The second kappa shape index (κ2) is 5.71. The molecule has 7 nitrogen and oxygen atoms in total. The summed E-state index contributed by atoms with van der Waals surface area (Å²) in [6.07, 6.45) is 0.762. The minimum Gasteiger partial charge on any atom is -0.598 e. The maximum Gasteiger partial charge on any atom is 0.223 e. The average Bonchev–Trinajstić information content (AvgIpc) is 3.02. The number of aryl methyl sites for hydroxylation is 1. The van der Waals surface area contributed by atoms with Gasteiger partial charge in [0, 0.05) is 32.6 Å². The molecule has 0 saturated carbocycles. The third-order valence-electron chi connectivity index (χ3n) is 3.45. The number of likely N-dealkylation sites (N-methyl/N-ethyl adjacent to an activating group) is 1. The number of hydrazine groups is 1. The van der Waals surface area contributed by atoms with Crippen molar-refractivity contribution >= 4 is 11.4 Å². The number of rotatable bonds is 5. The van der Waals surface area contributed by atoms with Crippen molar-refractivity contribution in [1.29, 1.82) is 0 Å². The molecule has 2 aromatic rings. The lowest BCUT2D eigenvalue weighted by Gasteiger charge is -2.39. The summed E-state index contributed by atoms with van der Waals surface area (Å²) in [7, 11) is 4.07. The fourth-order valence-corrected chi connectivity index (χ4v) is 2.29. The maximum atomic E-state index is 4.97. The number of fused-ring (bicyclic) bond motifs is 1. The van der Waals surface area contributed by atoms with E-state index in [-0.39, 0.29) is 0 Å². The van der Waals surface area contributed by atoms with Gasteiger partial charge in [0.25, 0.3) is 0 Å². The van der Waals surface area contributed by atoms with Crippen LogP contribution >= 0.6 is 0 Å². The van der Waals surface area contributed by atoms with Gasteiger partial charge in [-0.1, -0.05) is 23.4 Å². The number of anilines is 1. The van der Waals surface area contributed by atoms with Crippen LogP contribution in [-0.4, -0.2) is 47.5 Å². The van der Waals surface area contributed by atoms with Crippen molar-refractivity contribution in [1.82, 2.24) is 20.2 Å². The van der Waals surface area contributed by atoms with Crippen molar-refractivity contribution < 1.29 is 4.52 Å². The Morgan fingerprint density at radius 2 is 2.14 bits per heavy atom. The zero-order chi connectivity index (χ0) is 14.8.